The molecule has 1 aromatic carbocycles. The van der Waals surface area contributed by atoms with Gasteiger partial charge in [-0.3, -0.25) is 0 Å². The summed E-state index contributed by atoms with van der Waals surface area (Å²) < 4.78 is 24.1. The van der Waals surface area contributed by atoms with Crippen molar-refractivity contribution in [3.05, 3.63) is 53.1 Å². The zero-order chi connectivity index (χ0) is 14.2. The first kappa shape index (κ1) is 13.8. The molecule has 0 aliphatic carbocycles. The summed E-state index contributed by atoms with van der Waals surface area (Å²) in [5, 5.41) is 0. The Hall–Kier alpha value is -1.62. The van der Waals surface area contributed by atoms with E-state index in [9.17, 15) is 8.42 Å². The summed E-state index contributed by atoms with van der Waals surface area (Å²) in [4.78, 5) is 4.21. The molecule has 0 aliphatic rings. The molecule has 0 N–H and O–H groups in total. The molecular formula is C14H18N2O2S. The summed E-state index contributed by atoms with van der Waals surface area (Å²) in [7, 11) is -3.26. The number of aryl methyl sites for hydroxylation is 1. The first-order valence-electron chi connectivity index (χ1n) is 6.11. The monoisotopic (exact) mass is 278 g/mol. The zero-order valence-electron chi connectivity index (χ0n) is 11.6. The van der Waals surface area contributed by atoms with Gasteiger partial charge in [0.2, 0.25) is 10.0 Å². The normalized spacial score (nSPS) is 13.5. The van der Waals surface area contributed by atoms with E-state index in [1.807, 2.05) is 13.0 Å². The third-order valence-electron chi connectivity index (χ3n) is 3.52. The smallest absolute Gasteiger partial charge is 0.236 e. The van der Waals surface area contributed by atoms with E-state index in [1.54, 1.807) is 6.20 Å². The van der Waals surface area contributed by atoms with Crippen molar-refractivity contribution in [3.63, 3.8) is 0 Å². The molecule has 0 spiro atoms. The maximum absolute atomic E-state index is 11.4. The molecule has 102 valence electrons. The van der Waals surface area contributed by atoms with E-state index in [0.29, 0.717) is 0 Å². The molecule has 1 atom stereocenters. The first-order valence-corrected chi connectivity index (χ1v) is 7.96. The molecule has 5 heteroatoms. The molecule has 0 saturated heterocycles. The molecule has 1 heterocycles. The van der Waals surface area contributed by atoms with Gasteiger partial charge in [-0.05, 0) is 30.5 Å². The Kier molecular flexibility index (Phi) is 3.49. The molecule has 19 heavy (non-hydrogen) atoms. The number of imidazole rings is 1. The minimum atomic E-state index is -3.26. The van der Waals surface area contributed by atoms with Crippen molar-refractivity contribution in [1.82, 2.24) is 8.96 Å². The summed E-state index contributed by atoms with van der Waals surface area (Å²) in [6.45, 7) is 6.19. The molecule has 0 bridgehead atoms. The van der Waals surface area contributed by atoms with Gasteiger partial charge in [0.1, 0.15) is 6.33 Å². The third kappa shape index (κ3) is 2.71. The molecule has 2 aromatic rings. The van der Waals surface area contributed by atoms with Crippen LogP contribution in [0, 0.1) is 13.8 Å². The standard InChI is InChI=1S/C14H18N2O2S/c1-10-6-5-7-13(11(10)2)12(3)14-8-16(9-15-14)19(4,17)18/h5-9,12H,1-4H3. The predicted molar refractivity (Wildman–Crippen MR) is 75.9 cm³/mol. The maximum Gasteiger partial charge on any atom is 0.236 e. The van der Waals surface area contributed by atoms with E-state index < -0.39 is 10.0 Å². The van der Waals surface area contributed by atoms with Gasteiger partial charge in [-0.25, -0.2) is 17.4 Å². The summed E-state index contributed by atoms with van der Waals surface area (Å²) >= 11 is 0. The van der Waals surface area contributed by atoms with Crippen LogP contribution in [-0.2, 0) is 10.0 Å². The average molecular weight is 278 g/mol. The highest BCUT2D eigenvalue weighted by molar-refractivity contribution is 7.89. The minimum absolute atomic E-state index is 0.0721. The number of hydrogen-bond acceptors (Lipinski definition) is 3. The second kappa shape index (κ2) is 4.81. The highest BCUT2D eigenvalue weighted by Gasteiger charge is 2.16. The highest BCUT2D eigenvalue weighted by atomic mass is 32.2. The number of nitrogens with zero attached hydrogens (tertiary/aromatic N) is 2. The lowest BCUT2D eigenvalue weighted by Gasteiger charge is -2.14. The lowest BCUT2D eigenvalue weighted by atomic mass is 9.92. The SMILES string of the molecule is Cc1cccc(C(C)c2cn(S(C)(=O)=O)cn2)c1C. The lowest BCUT2D eigenvalue weighted by Crippen LogP contribution is -2.07. The molecule has 0 aliphatic heterocycles. The van der Waals surface area contributed by atoms with Gasteiger partial charge in [-0.2, -0.15) is 0 Å². The van der Waals surface area contributed by atoms with Crippen LogP contribution in [-0.4, -0.2) is 23.6 Å². The molecule has 1 aromatic heterocycles. The van der Waals surface area contributed by atoms with Crippen LogP contribution < -0.4 is 0 Å². The van der Waals surface area contributed by atoms with Crippen LogP contribution in [0.4, 0.5) is 0 Å². The second-order valence-corrected chi connectivity index (χ2v) is 6.79. The van der Waals surface area contributed by atoms with Crippen molar-refractivity contribution >= 4 is 10.0 Å². The van der Waals surface area contributed by atoms with E-state index in [4.69, 9.17) is 0 Å². The van der Waals surface area contributed by atoms with Gasteiger partial charge in [0.05, 0.1) is 11.9 Å². The Bertz CT molecular complexity index is 702. The van der Waals surface area contributed by atoms with Crippen molar-refractivity contribution in [2.24, 2.45) is 0 Å². The Balaban J connectivity index is 2.42. The predicted octanol–water partition coefficient (Wildman–Crippen LogP) is 2.46. The van der Waals surface area contributed by atoms with E-state index in [2.05, 4.69) is 31.0 Å². The number of benzene rings is 1. The zero-order valence-corrected chi connectivity index (χ0v) is 12.4. The van der Waals surface area contributed by atoms with Crippen LogP contribution in [0.3, 0.4) is 0 Å². The minimum Gasteiger partial charge on any atom is -0.240 e. The van der Waals surface area contributed by atoms with E-state index in [0.717, 1.165) is 9.67 Å². The fraction of sp³-hybridized carbons (Fsp3) is 0.357. The van der Waals surface area contributed by atoms with Crippen molar-refractivity contribution in [2.75, 3.05) is 6.26 Å². The van der Waals surface area contributed by atoms with Gasteiger partial charge in [0, 0.05) is 12.1 Å². The van der Waals surface area contributed by atoms with E-state index >= 15 is 0 Å². The maximum atomic E-state index is 11.4. The van der Waals surface area contributed by atoms with Gasteiger partial charge in [0.15, 0.2) is 0 Å². The Morgan fingerprint density at radius 2 is 1.95 bits per heavy atom. The molecule has 1 unspecified atom stereocenters. The van der Waals surface area contributed by atoms with Gasteiger partial charge >= 0.3 is 0 Å². The highest BCUT2D eigenvalue weighted by Crippen LogP contribution is 2.27. The van der Waals surface area contributed by atoms with Crippen LogP contribution in [0.2, 0.25) is 0 Å². The topological polar surface area (TPSA) is 52.0 Å². The number of aromatic nitrogens is 2. The van der Waals surface area contributed by atoms with Crippen LogP contribution in [0.25, 0.3) is 0 Å². The van der Waals surface area contributed by atoms with Crippen LogP contribution in [0.1, 0.15) is 35.2 Å². The fourth-order valence-corrected chi connectivity index (χ4v) is 2.65. The van der Waals surface area contributed by atoms with E-state index in [1.165, 1.54) is 29.3 Å². The fourth-order valence-electron chi connectivity index (χ4n) is 2.13. The van der Waals surface area contributed by atoms with Crippen LogP contribution in [0.15, 0.2) is 30.7 Å². The lowest BCUT2D eigenvalue weighted by molar-refractivity contribution is 0.593. The Labute approximate surface area is 114 Å². The summed E-state index contributed by atoms with van der Waals surface area (Å²) in [5.41, 5.74) is 4.40. The first-order chi connectivity index (χ1) is 8.80. The average Bonchev–Trinajstić information content (AvgIpc) is 2.81. The van der Waals surface area contributed by atoms with Crippen molar-refractivity contribution in [2.45, 2.75) is 26.7 Å². The van der Waals surface area contributed by atoms with Crippen LogP contribution in [0.5, 0.6) is 0 Å². The molecule has 0 radical (unpaired) electrons. The summed E-state index contributed by atoms with van der Waals surface area (Å²) in [6, 6.07) is 6.15. The number of rotatable bonds is 3. The van der Waals surface area contributed by atoms with Gasteiger partial charge in [0.25, 0.3) is 0 Å². The molecule has 0 fully saturated rings. The van der Waals surface area contributed by atoms with Gasteiger partial charge < -0.3 is 0 Å². The van der Waals surface area contributed by atoms with Crippen molar-refractivity contribution in [3.8, 4) is 0 Å². The van der Waals surface area contributed by atoms with Crippen LogP contribution >= 0.6 is 0 Å². The van der Waals surface area contributed by atoms with Gasteiger partial charge in [-0.15, -0.1) is 0 Å². The van der Waals surface area contributed by atoms with Crippen molar-refractivity contribution in [1.29, 1.82) is 0 Å². The molecular weight excluding hydrogens is 260 g/mol. The summed E-state index contributed by atoms with van der Waals surface area (Å²) in [5.74, 6) is 0.0721. The van der Waals surface area contributed by atoms with E-state index in [-0.39, 0.29) is 5.92 Å². The molecule has 0 amide bonds. The Morgan fingerprint density at radius 3 is 2.53 bits per heavy atom. The van der Waals surface area contributed by atoms with Gasteiger partial charge in [-0.1, -0.05) is 25.1 Å². The quantitative estimate of drug-likeness (QED) is 0.866. The molecule has 2 rings (SSSR count). The number of hydrogen-bond donors (Lipinski definition) is 0. The second-order valence-electron chi connectivity index (χ2n) is 4.90. The third-order valence-corrected chi connectivity index (χ3v) is 4.49. The summed E-state index contributed by atoms with van der Waals surface area (Å²) in [6.07, 6.45) is 4.11. The molecule has 4 nitrogen and oxygen atoms in total. The Morgan fingerprint density at radius 1 is 1.26 bits per heavy atom. The van der Waals surface area contributed by atoms with Crippen molar-refractivity contribution < 1.29 is 8.42 Å². The molecule has 0 saturated carbocycles. The largest absolute Gasteiger partial charge is 0.240 e.